The smallest absolute Gasteiger partial charge is 0.373 e. The van der Waals surface area contributed by atoms with Crippen LogP contribution in [-0.4, -0.2) is 40.8 Å². The summed E-state index contributed by atoms with van der Waals surface area (Å²) in [6.07, 6.45) is -2.50. The van der Waals surface area contributed by atoms with E-state index in [1.165, 1.54) is 24.0 Å². The number of aliphatic hydroxyl groups is 1. The molecule has 0 bridgehead atoms. The maximum absolute atomic E-state index is 12.7. The minimum absolute atomic E-state index is 0.259. The van der Waals surface area contributed by atoms with Gasteiger partial charge in [0.25, 0.3) is 5.91 Å². The maximum Gasteiger partial charge on any atom is 0.426 e. The molecule has 2 N–H and O–H groups in total. The zero-order valence-corrected chi connectivity index (χ0v) is 14.9. The third-order valence-electron chi connectivity index (χ3n) is 3.51. The molecule has 0 saturated heterocycles. The number of rotatable bonds is 4. The summed E-state index contributed by atoms with van der Waals surface area (Å²) < 4.78 is 64.2. The number of benzene rings is 1. The second kappa shape index (κ2) is 6.56. The second-order valence-electron chi connectivity index (χ2n) is 5.49. The summed E-state index contributed by atoms with van der Waals surface area (Å²) in [6.45, 7) is 0.288. The van der Waals surface area contributed by atoms with Crippen LogP contribution in [0.4, 0.5) is 18.9 Å². The van der Waals surface area contributed by atoms with Crippen molar-refractivity contribution in [3.05, 3.63) is 35.6 Å². The van der Waals surface area contributed by atoms with E-state index in [9.17, 15) is 31.5 Å². The second-order valence-corrected chi connectivity index (χ2v) is 7.74. The predicted molar refractivity (Wildman–Crippen MR) is 85.4 cm³/mol. The molecule has 0 aliphatic heterocycles. The summed E-state index contributed by atoms with van der Waals surface area (Å²) in [5, 5.41) is 10.6. The Kier molecular flexibility index (Phi) is 5.10. The molecule has 7 nitrogen and oxygen atoms in total. The van der Waals surface area contributed by atoms with Crippen LogP contribution in [0.15, 0.2) is 40.6 Å². The standard InChI is InChI=1S/C14H13ClF3N3O4S/c1-13(23,14(16,17)18)11(22)20-10-4-3-8(7-9(10)15)26(24,25)12-19-5-6-21(12)2/h3-7,23H,1-2H3,(H,20,22)/t13-/m1/s1. The molecule has 1 aromatic carbocycles. The van der Waals surface area contributed by atoms with Crippen LogP contribution in [0.2, 0.25) is 5.02 Å². The van der Waals surface area contributed by atoms with E-state index in [0.29, 0.717) is 0 Å². The number of amides is 1. The van der Waals surface area contributed by atoms with E-state index in [2.05, 4.69) is 4.98 Å². The Hall–Kier alpha value is -2.11. The Balaban J connectivity index is 2.34. The highest BCUT2D eigenvalue weighted by molar-refractivity contribution is 7.91. The van der Waals surface area contributed by atoms with Gasteiger partial charge in [-0.2, -0.15) is 13.2 Å². The van der Waals surface area contributed by atoms with Crippen LogP contribution in [0.1, 0.15) is 6.92 Å². The highest BCUT2D eigenvalue weighted by Crippen LogP contribution is 2.33. The van der Waals surface area contributed by atoms with E-state index < -0.39 is 27.5 Å². The maximum atomic E-state index is 12.7. The first kappa shape index (κ1) is 20.2. The highest BCUT2D eigenvalue weighted by atomic mass is 35.5. The van der Waals surface area contributed by atoms with Gasteiger partial charge in [0.2, 0.25) is 20.6 Å². The molecule has 1 amide bonds. The van der Waals surface area contributed by atoms with Gasteiger partial charge in [-0.3, -0.25) is 4.79 Å². The van der Waals surface area contributed by atoms with E-state index in [4.69, 9.17) is 11.6 Å². The number of alkyl halides is 3. The summed E-state index contributed by atoms with van der Waals surface area (Å²) >= 11 is 5.88. The molecule has 1 heterocycles. The van der Waals surface area contributed by atoms with Crippen molar-refractivity contribution in [2.45, 2.75) is 28.8 Å². The van der Waals surface area contributed by atoms with Crippen molar-refractivity contribution >= 4 is 33.0 Å². The molecule has 0 radical (unpaired) electrons. The Bertz CT molecular complexity index is 955. The van der Waals surface area contributed by atoms with Gasteiger partial charge in [-0.05, 0) is 25.1 Å². The summed E-state index contributed by atoms with van der Waals surface area (Å²) in [6, 6.07) is 3.03. The fourth-order valence-corrected chi connectivity index (χ4v) is 3.52. The van der Waals surface area contributed by atoms with Crippen LogP contribution in [0.25, 0.3) is 0 Å². The molecule has 12 heteroatoms. The van der Waals surface area contributed by atoms with Crippen molar-refractivity contribution in [1.29, 1.82) is 0 Å². The zero-order chi connectivity index (χ0) is 19.9. The Morgan fingerprint density at radius 1 is 1.35 bits per heavy atom. The van der Waals surface area contributed by atoms with Crippen LogP contribution in [0, 0.1) is 0 Å². The number of nitrogens with zero attached hydrogens (tertiary/aromatic N) is 2. The Labute approximate surface area is 151 Å². The molecule has 0 spiro atoms. The Morgan fingerprint density at radius 3 is 2.42 bits per heavy atom. The molecule has 26 heavy (non-hydrogen) atoms. The molecule has 0 aliphatic carbocycles. The van der Waals surface area contributed by atoms with E-state index in [1.807, 2.05) is 5.32 Å². The number of carbonyl (C=O) groups is 1. The van der Waals surface area contributed by atoms with Crippen LogP contribution in [-0.2, 0) is 21.7 Å². The lowest BCUT2D eigenvalue weighted by Gasteiger charge is -2.25. The van der Waals surface area contributed by atoms with E-state index in [0.717, 1.165) is 18.2 Å². The summed E-state index contributed by atoms with van der Waals surface area (Å²) in [4.78, 5) is 15.1. The molecule has 0 aliphatic rings. The normalized spacial score (nSPS) is 14.7. The summed E-state index contributed by atoms with van der Waals surface area (Å²) in [5.41, 5.74) is -3.94. The SMILES string of the molecule is Cn1ccnc1S(=O)(=O)c1ccc(NC(=O)[C@@](C)(O)C(F)(F)F)c(Cl)c1. The van der Waals surface area contributed by atoms with Crippen molar-refractivity contribution in [2.75, 3.05) is 5.32 Å². The van der Waals surface area contributed by atoms with Gasteiger partial charge in [0, 0.05) is 19.4 Å². The van der Waals surface area contributed by atoms with E-state index >= 15 is 0 Å². The van der Waals surface area contributed by atoms with Crippen molar-refractivity contribution in [3.63, 3.8) is 0 Å². The molecule has 2 rings (SSSR count). The van der Waals surface area contributed by atoms with Crippen molar-refractivity contribution < 1.29 is 31.5 Å². The number of hydrogen-bond acceptors (Lipinski definition) is 5. The first-order valence-corrected chi connectivity index (χ1v) is 8.77. The van der Waals surface area contributed by atoms with Gasteiger partial charge < -0.3 is 15.0 Å². The van der Waals surface area contributed by atoms with Gasteiger partial charge in [-0.1, -0.05) is 11.6 Å². The molecule has 0 unspecified atom stereocenters. The topological polar surface area (TPSA) is 101 Å². The van der Waals surface area contributed by atoms with Crippen molar-refractivity contribution in [2.24, 2.45) is 7.05 Å². The quantitative estimate of drug-likeness (QED) is 0.802. The van der Waals surface area contributed by atoms with Crippen LogP contribution in [0.3, 0.4) is 0 Å². The molecular formula is C14H13ClF3N3O4S. The van der Waals surface area contributed by atoms with Crippen LogP contribution in [0.5, 0.6) is 0 Å². The van der Waals surface area contributed by atoms with Gasteiger partial charge in [0.1, 0.15) is 0 Å². The Morgan fingerprint density at radius 2 is 1.96 bits per heavy atom. The molecule has 142 valence electrons. The fraction of sp³-hybridized carbons (Fsp3) is 0.286. The van der Waals surface area contributed by atoms with Crippen molar-refractivity contribution in [1.82, 2.24) is 9.55 Å². The first-order valence-electron chi connectivity index (χ1n) is 6.91. The molecular weight excluding hydrogens is 399 g/mol. The van der Waals surface area contributed by atoms with Gasteiger partial charge in [0.15, 0.2) is 0 Å². The lowest BCUT2D eigenvalue weighted by Crippen LogP contribution is -2.52. The van der Waals surface area contributed by atoms with Gasteiger partial charge in [-0.15, -0.1) is 0 Å². The number of anilines is 1. The number of imidazole rings is 1. The highest BCUT2D eigenvalue weighted by Gasteiger charge is 2.55. The number of aryl methyl sites for hydroxylation is 1. The van der Waals surface area contributed by atoms with Gasteiger partial charge >= 0.3 is 6.18 Å². The zero-order valence-electron chi connectivity index (χ0n) is 13.4. The third-order valence-corrected chi connectivity index (χ3v) is 5.57. The van der Waals surface area contributed by atoms with Gasteiger partial charge in [0.05, 0.1) is 15.6 Å². The molecule has 1 atom stereocenters. The lowest BCUT2D eigenvalue weighted by atomic mass is 10.1. The fourth-order valence-electron chi connectivity index (χ4n) is 1.85. The van der Waals surface area contributed by atoms with Crippen LogP contribution >= 0.6 is 11.6 Å². The van der Waals surface area contributed by atoms with E-state index in [1.54, 1.807) is 0 Å². The minimum atomic E-state index is -5.20. The van der Waals surface area contributed by atoms with E-state index in [-0.39, 0.29) is 27.7 Å². The first-order chi connectivity index (χ1) is 11.8. The summed E-state index contributed by atoms with van der Waals surface area (Å²) in [5.74, 6) is -1.76. The largest absolute Gasteiger partial charge is 0.426 e. The summed E-state index contributed by atoms with van der Waals surface area (Å²) in [7, 11) is -2.55. The monoisotopic (exact) mass is 411 g/mol. The number of aromatic nitrogens is 2. The minimum Gasteiger partial charge on any atom is -0.373 e. The number of halogens is 4. The number of carbonyl (C=O) groups excluding carboxylic acids is 1. The van der Waals surface area contributed by atoms with Crippen molar-refractivity contribution in [3.8, 4) is 0 Å². The molecule has 2 aromatic rings. The lowest BCUT2D eigenvalue weighted by molar-refractivity contribution is -0.242. The average Bonchev–Trinajstić information content (AvgIpc) is 2.94. The third kappa shape index (κ3) is 3.55. The number of nitrogens with one attached hydrogen (secondary N) is 1. The van der Waals surface area contributed by atoms with Gasteiger partial charge in [-0.25, -0.2) is 13.4 Å². The average molecular weight is 412 g/mol. The molecule has 0 saturated carbocycles. The molecule has 0 fully saturated rings. The number of sulfone groups is 1. The van der Waals surface area contributed by atoms with Crippen LogP contribution < -0.4 is 5.32 Å². The molecule has 1 aromatic heterocycles. The number of hydrogen-bond donors (Lipinski definition) is 2. The predicted octanol–water partition coefficient (Wildman–Crippen LogP) is 2.16.